The number of nitrogens with zero attached hydrogens (tertiary/aromatic N) is 1. The van der Waals surface area contributed by atoms with Gasteiger partial charge >= 0.3 is 0 Å². The molecule has 0 heterocycles. The maximum absolute atomic E-state index is 12.1. The van der Waals surface area contributed by atoms with Crippen molar-refractivity contribution in [2.45, 2.75) is 31.7 Å². The second-order valence-corrected chi connectivity index (χ2v) is 5.03. The quantitative estimate of drug-likeness (QED) is 0.868. The first-order chi connectivity index (χ1) is 9.24. The van der Waals surface area contributed by atoms with Crippen molar-refractivity contribution in [1.29, 1.82) is 5.26 Å². The van der Waals surface area contributed by atoms with Crippen LogP contribution in [0.1, 0.15) is 41.6 Å². The van der Waals surface area contributed by atoms with Crippen LogP contribution in [0.5, 0.6) is 0 Å². The minimum absolute atomic E-state index is 0.155. The van der Waals surface area contributed by atoms with Crippen LogP contribution in [0.3, 0.4) is 0 Å². The topological polar surface area (TPSA) is 73.1 Å². The Morgan fingerprint density at radius 1 is 1.32 bits per heavy atom. The van der Waals surface area contributed by atoms with Crippen molar-refractivity contribution < 1.29 is 9.90 Å². The monoisotopic (exact) mass is 258 g/mol. The van der Waals surface area contributed by atoms with Crippen molar-refractivity contribution in [2.75, 3.05) is 6.61 Å². The average Bonchev–Trinajstić information content (AvgIpc) is 2.48. The van der Waals surface area contributed by atoms with E-state index in [0.29, 0.717) is 17.0 Å². The van der Waals surface area contributed by atoms with Gasteiger partial charge in [0.05, 0.1) is 17.2 Å². The van der Waals surface area contributed by atoms with E-state index in [9.17, 15) is 4.79 Å². The second kappa shape index (κ2) is 6.35. The van der Waals surface area contributed by atoms with E-state index >= 15 is 0 Å². The number of aliphatic hydroxyl groups excluding tert-OH is 1. The molecule has 1 aromatic carbocycles. The molecule has 0 spiro atoms. The number of carbonyl (C=O) groups is 1. The lowest BCUT2D eigenvalue weighted by Gasteiger charge is -2.28. The summed E-state index contributed by atoms with van der Waals surface area (Å²) in [7, 11) is 0. The molecule has 0 bridgehead atoms. The Bertz CT molecular complexity index is 485. The SMILES string of the molecule is N#Cc1ccccc1C(=O)NC1CCC(CO)CC1. The minimum atomic E-state index is -0.176. The Morgan fingerprint density at radius 3 is 2.63 bits per heavy atom. The standard InChI is InChI=1S/C15H18N2O2/c16-9-12-3-1-2-4-14(12)15(19)17-13-7-5-11(10-18)6-8-13/h1-4,11,13,18H,5-8,10H2,(H,17,19). The lowest BCUT2D eigenvalue weighted by atomic mass is 9.86. The molecule has 100 valence electrons. The molecule has 1 aliphatic carbocycles. The highest BCUT2D eigenvalue weighted by Gasteiger charge is 2.22. The van der Waals surface area contributed by atoms with E-state index in [2.05, 4.69) is 5.32 Å². The molecule has 1 fully saturated rings. The Kier molecular flexibility index (Phi) is 4.53. The number of hydrogen-bond donors (Lipinski definition) is 2. The van der Waals surface area contributed by atoms with Gasteiger partial charge in [-0.15, -0.1) is 0 Å². The molecule has 1 saturated carbocycles. The van der Waals surface area contributed by atoms with Crippen LogP contribution in [-0.4, -0.2) is 23.7 Å². The van der Waals surface area contributed by atoms with Crippen LogP contribution < -0.4 is 5.32 Å². The maximum atomic E-state index is 12.1. The fourth-order valence-corrected chi connectivity index (χ4v) is 2.53. The summed E-state index contributed by atoms with van der Waals surface area (Å²) in [4.78, 5) is 12.1. The van der Waals surface area contributed by atoms with Crippen LogP contribution >= 0.6 is 0 Å². The third-order valence-corrected chi connectivity index (χ3v) is 3.73. The van der Waals surface area contributed by atoms with Crippen LogP contribution in [0, 0.1) is 17.2 Å². The molecule has 0 aliphatic heterocycles. The van der Waals surface area contributed by atoms with Crippen molar-refractivity contribution in [3.8, 4) is 6.07 Å². The number of carbonyl (C=O) groups excluding carboxylic acids is 1. The fourth-order valence-electron chi connectivity index (χ4n) is 2.53. The van der Waals surface area contributed by atoms with Gasteiger partial charge in [-0.2, -0.15) is 5.26 Å². The molecule has 1 aromatic rings. The van der Waals surface area contributed by atoms with E-state index in [1.165, 1.54) is 0 Å². The predicted octanol–water partition coefficient (Wildman–Crippen LogP) is 1.84. The lowest BCUT2D eigenvalue weighted by Crippen LogP contribution is -2.38. The van der Waals surface area contributed by atoms with E-state index in [0.717, 1.165) is 25.7 Å². The number of amides is 1. The van der Waals surface area contributed by atoms with Crippen LogP contribution in [0.2, 0.25) is 0 Å². The molecule has 4 heteroatoms. The van der Waals surface area contributed by atoms with E-state index in [4.69, 9.17) is 10.4 Å². The molecule has 0 unspecified atom stereocenters. The van der Waals surface area contributed by atoms with Gasteiger partial charge in [-0.25, -0.2) is 0 Å². The van der Waals surface area contributed by atoms with E-state index in [1.54, 1.807) is 24.3 Å². The fraction of sp³-hybridized carbons (Fsp3) is 0.467. The summed E-state index contributed by atoms with van der Waals surface area (Å²) < 4.78 is 0. The number of hydrogen-bond acceptors (Lipinski definition) is 3. The Labute approximate surface area is 113 Å². The van der Waals surface area contributed by atoms with Crippen LogP contribution in [0.15, 0.2) is 24.3 Å². The molecule has 0 saturated heterocycles. The summed E-state index contributed by atoms with van der Waals surface area (Å²) in [6.07, 6.45) is 3.68. The van der Waals surface area contributed by atoms with Crippen LogP contribution in [0.25, 0.3) is 0 Å². The number of nitriles is 1. The molecular weight excluding hydrogens is 240 g/mol. The average molecular weight is 258 g/mol. The first-order valence-electron chi connectivity index (χ1n) is 6.65. The van der Waals surface area contributed by atoms with Crippen molar-refractivity contribution in [1.82, 2.24) is 5.32 Å². The molecule has 19 heavy (non-hydrogen) atoms. The molecule has 4 nitrogen and oxygen atoms in total. The van der Waals surface area contributed by atoms with Crippen molar-refractivity contribution >= 4 is 5.91 Å². The summed E-state index contributed by atoms with van der Waals surface area (Å²) in [6, 6.07) is 9.03. The first kappa shape index (κ1) is 13.6. The number of aliphatic hydroxyl groups is 1. The summed E-state index contributed by atoms with van der Waals surface area (Å²) in [5.74, 6) is 0.198. The first-order valence-corrected chi connectivity index (χ1v) is 6.65. The van der Waals surface area contributed by atoms with Gasteiger partial charge in [-0.3, -0.25) is 4.79 Å². The summed E-state index contributed by atoms with van der Waals surface area (Å²) in [5.41, 5.74) is 0.846. The van der Waals surface area contributed by atoms with Gasteiger partial charge in [0.15, 0.2) is 0 Å². The molecule has 1 aliphatic rings. The zero-order valence-electron chi connectivity index (χ0n) is 10.8. The van der Waals surface area contributed by atoms with Crippen LogP contribution in [-0.2, 0) is 0 Å². The minimum Gasteiger partial charge on any atom is -0.396 e. The molecule has 1 amide bonds. The molecule has 0 radical (unpaired) electrons. The van der Waals surface area contributed by atoms with E-state index < -0.39 is 0 Å². The van der Waals surface area contributed by atoms with Crippen molar-refractivity contribution in [3.05, 3.63) is 35.4 Å². The van der Waals surface area contributed by atoms with Gasteiger partial charge < -0.3 is 10.4 Å². The predicted molar refractivity (Wildman–Crippen MR) is 71.5 cm³/mol. The summed E-state index contributed by atoms with van der Waals surface area (Å²) >= 11 is 0. The van der Waals surface area contributed by atoms with Gasteiger partial charge in [0, 0.05) is 12.6 Å². The highest BCUT2D eigenvalue weighted by Crippen LogP contribution is 2.24. The van der Waals surface area contributed by atoms with Gasteiger partial charge in [0.1, 0.15) is 0 Å². The van der Waals surface area contributed by atoms with E-state index in [1.807, 2.05) is 6.07 Å². The Morgan fingerprint density at radius 2 is 2.00 bits per heavy atom. The van der Waals surface area contributed by atoms with Crippen LogP contribution in [0.4, 0.5) is 0 Å². The second-order valence-electron chi connectivity index (χ2n) is 5.03. The number of nitrogens with one attached hydrogen (secondary N) is 1. The van der Waals surface area contributed by atoms with E-state index in [-0.39, 0.29) is 18.6 Å². The molecule has 2 N–H and O–H groups in total. The molecule has 0 atom stereocenters. The Hall–Kier alpha value is -1.86. The smallest absolute Gasteiger partial charge is 0.252 e. The van der Waals surface area contributed by atoms with Gasteiger partial charge in [-0.1, -0.05) is 12.1 Å². The van der Waals surface area contributed by atoms with Gasteiger partial charge in [-0.05, 0) is 43.7 Å². The molecule has 0 aromatic heterocycles. The molecule has 2 rings (SSSR count). The summed E-state index contributed by atoms with van der Waals surface area (Å²) in [6.45, 7) is 0.234. The van der Waals surface area contributed by atoms with Gasteiger partial charge in [0.2, 0.25) is 0 Å². The molecular formula is C15H18N2O2. The van der Waals surface area contributed by atoms with Gasteiger partial charge in [0.25, 0.3) is 5.91 Å². The zero-order chi connectivity index (χ0) is 13.7. The largest absolute Gasteiger partial charge is 0.396 e. The number of rotatable bonds is 3. The third kappa shape index (κ3) is 3.33. The highest BCUT2D eigenvalue weighted by atomic mass is 16.3. The number of benzene rings is 1. The Balaban J connectivity index is 1.97. The third-order valence-electron chi connectivity index (χ3n) is 3.73. The van der Waals surface area contributed by atoms with Crippen molar-refractivity contribution in [3.63, 3.8) is 0 Å². The lowest BCUT2D eigenvalue weighted by molar-refractivity contribution is 0.0913. The highest BCUT2D eigenvalue weighted by molar-refractivity contribution is 5.96. The maximum Gasteiger partial charge on any atom is 0.252 e. The van der Waals surface area contributed by atoms with Crippen molar-refractivity contribution in [2.24, 2.45) is 5.92 Å². The summed E-state index contributed by atoms with van der Waals surface area (Å²) in [5, 5.41) is 21.0. The normalized spacial score (nSPS) is 22.5. The zero-order valence-corrected chi connectivity index (χ0v) is 10.8.